The molecule has 3 heteroatoms. The van der Waals surface area contributed by atoms with Gasteiger partial charge in [-0.25, -0.2) is 0 Å². The topological polar surface area (TPSA) is 22.1 Å². The lowest BCUT2D eigenvalue weighted by molar-refractivity contribution is 0.477. The summed E-state index contributed by atoms with van der Waals surface area (Å²) in [7, 11) is 0. The van der Waals surface area contributed by atoms with Crippen molar-refractivity contribution in [3.63, 3.8) is 0 Å². The Bertz CT molecular complexity index is 482. The first-order valence-corrected chi connectivity index (χ1v) is 6.12. The summed E-state index contributed by atoms with van der Waals surface area (Å²) in [4.78, 5) is 4.02. The maximum absolute atomic E-state index is 5.83. The second kappa shape index (κ2) is 5.69. The molecule has 0 unspecified atom stereocenters. The van der Waals surface area contributed by atoms with Crippen LogP contribution in [-0.4, -0.2) is 4.98 Å². The average Bonchev–Trinajstić information content (AvgIpc) is 2.40. The normalized spacial score (nSPS) is 10.2. The molecule has 0 bridgehead atoms. The van der Waals surface area contributed by atoms with Gasteiger partial charge in [0.15, 0.2) is 0 Å². The second-order valence-corrected chi connectivity index (χ2v) is 3.98. The molecule has 0 amide bonds. The lowest BCUT2D eigenvalue weighted by Gasteiger charge is -2.09. The van der Waals surface area contributed by atoms with Crippen molar-refractivity contribution < 1.29 is 4.74 Å². The van der Waals surface area contributed by atoms with Crippen molar-refractivity contribution in [3.8, 4) is 11.5 Å². The molecular formula is C14H14ClNO. The molecule has 1 heterocycles. The van der Waals surface area contributed by atoms with E-state index in [4.69, 9.17) is 16.3 Å². The zero-order valence-corrected chi connectivity index (χ0v) is 10.4. The Morgan fingerprint density at radius 1 is 1.18 bits per heavy atom. The van der Waals surface area contributed by atoms with E-state index >= 15 is 0 Å². The average molecular weight is 248 g/mol. The number of pyridine rings is 1. The van der Waals surface area contributed by atoms with E-state index < -0.39 is 0 Å². The quantitative estimate of drug-likeness (QED) is 0.757. The number of aromatic nitrogens is 1. The molecule has 0 aliphatic carbocycles. The summed E-state index contributed by atoms with van der Waals surface area (Å²) in [5.74, 6) is 1.98. The molecule has 2 aromatic rings. The molecule has 88 valence electrons. The molecule has 1 aromatic carbocycles. The van der Waals surface area contributed by atoms with Gasteiger partial charge in [-0.05, 0) is 30.2 Å². The lowest BCUT2D eigenvalue weighted by Crippen LogP contribution is -1.90. The van der Waals surface area contributed by atoms with E-state index in [1.54, 1.807) is 12.4 Å². The predicted octanol–water partition coefficient (Wildman–Crippen LogP) is 4.18. The smallest absolute Gasteiger partial charge is 0.134 e. The molecule has 2 nitrogen and oxygen atoms in total. The fourth-order valence-electron chi connectivity index (χ4n) is 1.53. The van der Waals surface area contributed by atoms with E-state index in [2.05, 4.69) is 24.0 Å². The number of halogens is 1. The fraction of sp³-hybridized carbons (Fsp3) is 0.214. The Morgan fingerprint density at radius 3 is 2.59 bits per heavy atom. The number of rotatable bonds is 4. The van der Waals surface area contributed by atoms with E-state index in [1.165, 1.54) is 5.56 Å². The van der Waals surface area contributed by atoms with Crippen LogP contribution in [-0.2, 0) is 12.3 Å². The SMILES string of the molecule is CCc1ccc(Oc2ccncc2CCl)cc1. The van der Waals surface area contributed by atoms with Crippen LogP contribution in [0.5, 0.6) is 11.5 Å². The minimum Gasteiger partial charge on any atom is -0.457 e. The summed E-state index contributed by atoms with van der Waals surface area (Å²) >= 11 is 5.83. The molecule has 17 heavy (non-hydrogen) atoms. The lowest BCUT2D eigenvalue weighted by atomic mass is 10.2. The minimum atomic E-state index is 0.399. The largest absolute Gasteiger partial charge is 0.457 e. The number of benzene rings is 1. The molecule has 2 rings (SSSR count). The third kappa shape index (κ3) is 2.98. The van der Waals surface area contributed by atoms with Crippen LogP contribution < -0.4 is 4.74 Å². The highest BCUT2D eigenvalue weighted by Gasteiger charge is 2.03. The van der Waals surface area contributed by atoms with Gasteiger partial charge in [-0.15, -0.1) is 11.6 Å². The van der Waals surface area contributed by atoms with Crippen molar-refractivity contribution >= 4 is 11.6 Å². The van der Waals surface area contributed by atoms with Gasteiger partial charge in [0.05, 0.1) is 5.88 Å². The highest BCUT2D eigenvalue weighted by molar-refractivity contribution is 6.17. The third-order valence-corrected chi connectivity index (χ3v) is 2.85. The van der Waals surface area contributed by atoms with Gasteiger partial charge in [-0.1, -0.05) is 19.1 Å². The van der Waals surface area contributed by atoms with E-state index in [9.17, 15) is 0 Å². The number of nitrogens with zero attached hydrogens (tertiary/aromatic N) is 1. The fourth-order valence-corrected chi connectivity index (χ4v) is 1.74. The maximum atomic E-state index is 5.83. The van der Waals surface area contributed by atoms with E-state index in [0.29, 0.717) is 5.88 Å². The van der Waals surface area contributed by atoms with Gasteiger partial charge in [-0.3, -0.25) is 4.98 Å². The Kier molecular flexibility index (Phi) is 3.99. The Balaban J connectivity index is 2.19. The van der Waals surface area contributed by atoms with Crippen molar-refractivity contribution in [1.82, 2.24) is 4.98 Å². The number of hydrogen-bond donors (Lipinski definition) is 0. The summed E-state index contributed by atoms with van der Waals surface area (Å²) in [5.41, 5.74) is 2.19. The molecule has 0 saturated heterocycles. The van der Waals surface area contributed by atoms with E-state index in [1.807, 2.05) is 18.2 Å². The summed E-state index contributed by atoms with van der Waals surface area (Å²) < 4.78 is 5.78. The molecule has 0 aliphatic heterocycles. The minimum absolute atomic E-state index is 0.399. The Morgan fingerprint density at radius 2 is 1.94 bits per heavy atom. The first kappa shape index (κ1) is 11.9. The molecule has 0 N–H and O–H groups in total. The predicted molar refractivity (Wildman–Crippen MR) is 69.7 cm³/mol. The molecule has 0 radical (unpaired) electrons. The van der Waals surface area contributed by atoms with Gasteiger partial charge < -0.3 is 4.74 Å². The zero-order valence-electron chi connectivity index (χ0n) is 9.69. The van der Waals surface area contributed by atoms with Gasteiger partial charge in [0, 0.05) is 18.0 Å². The molecule has 0 aliphatic rings. The van der Waals surface area contributed by atoms with Crippen molar-refractivity contribution in [3.05, 3.63) is 53.9 Å². The Labute approximate surface area is 106 Å². The van der Waals surface area contributed by atoms with Crippen LogP contribution in [0, 0.1) is 0 Å². The van der Waals surface area contributed by atoms with Crippen LogP contribution >= 0.6 is 11.6 Å². The van der Waals surface area contributed by atoms with Gasteiger partial charge >= 0.3 is 0 Å². The second-order valence-electron chi connectivity index (χ2n) is 3.72. The van der Waals surface area contributed by atoms with Crippen LogP contribution in [0.15, 0.2) is 42.7 Å². The van der Waals surface area contributed by atoms with E-state index in [-0.39, 0.29) is 0 Å². The third-order valence-electron chi connectivity index (χ3n) is 2.56. The summed E-state index contributed by atoms with van der Waals surface area (Å²) in [5, 5.41) is 0. The van der Waals surface area contributed by atoms with Crippen molar-refractivity contribution in [1.29, 1.82) is 0 Å². The van der Waals surface area contributed by atoms with Gasteiger partial charge in [0.2, 0.25) is 0 Å². The summed E-state index contributed by atoms with van der Waals surface area (Å²) in [6.45, 7) is 2.13. The van der Waals surface area contributed by atoms with Crippen LogP contribution in [0.25, 0.3) is 0 Å². The summed E-state index contributed by atoms with van der Waals surface area (Å²) in [6.07, 6.45) is 4.46. The Hall–Kier alpha value is -1.54. The molecule has 0 spiro atoms. The van der Waals surface area contributed by atoms with Gasteiger partial charge in [0.1, 0.15) is 11.5 Å². The number of ether oxygens (including phenoxy) is 1. The molecule has 1 aromatic heterocycles. The van der Waals surface area contributed by atoms with Crippen LogP contribution in [0.1, 0.15) is 18.1 Å². The highest BCUT2D eigenvalue weighted by atomic mass is 35.5. The number of aryl methyl sites for hydroxylation is 1. The van der Waals surface area contributed by atoms with E-state index in [0.717, 1.165) is 23.5 Å². The number of hydrogen-bond acceptors (Lipinski definition) is 2. The van der Waals surface area contributed by atoms with Crippen LogP contribution in [0.2, 0.25) is 0 Å². The van der Waals surface area contributed by atoms with Gasteiger partial charge in [0.25, 0.3) is 0 Å². The van der Waals surface area contributed by atoms with Crippen molar-refractivity contribution in [2.24, 2.45) is 0 Å². The van der Waals surface area contributed by atoms with Crippen molar-refractivity contribution in [2.75, 3.05) is 0 Å². The van der Waals surface area contributed by atoms with Crippen molar-refractivity contribution in [2.45, 2.75) is 19.2 Å². The highest BCUT2D eigenvalue weighted by Crippen LogP contribution is 2.25. The first-order valence-electron chi connectivity index (χ1n) is 5.59. The first-order chi connectivity index (χ1) is 8.33. The summed E-state index contributed by atoms with van der Waals surface area (Å²) in [6, 6.07) is 9.90. The van der Waals surface area contributed by atoms with Crippen LogP contribution in [0.4, 0.5) is 0 Å². The number of alkyl halides is 1. The standard InChI is InChI=1S/C14H14ClNO/c1-2-11-3-5-13(6-4-11)17-14-7-8-16-10-12(14)9-15/h3-8,10H,2,9H2,1H3. The zero-order chi connectivity index (χ0) is 12.1. The molecule has 0 saturated carbocycles. The maximum Gasteiger partial charge on any atom is 0.134 e. The van der Waals surface area contributed by atoms with Gasteiger partial charge in [-0.2, -0.15) is 0 Å². The monoisotopic (exact) mass is 247 g/mol. The molecule has 0 atom stereocenters. The van der Waals surface area contributed by atoms with Crippen LogP contribution in [0.3, 0.4) is 0 Å². The molecular weight excluding hydrogens is 234 g/mol. The molecule has 0 fully saturated rings.